The number of methoxy groups -OCH3 is 1. The molecule has 1 atom stereocenters. The monoisotopic (exact) mass is 264 g/mol. The first-order valence-electron chi connectivity index (χ1n) is 6.26. The Balaban J connectivity index is 2.85. The topological polar surface area (TPSA) is 44.8 Å². The van der Waals surface area contributed by atoms with Gasteiger partial charge in [0.25, 0.3) is 0 Å². The van der Waals surface area contributed by atoms with E-state index in [-0.39, 0.29) is 5.97 Å². The van der Waals surface area contributed by atoms with Crippen LogP contribution in [0.5, 0.6) is 11.5 Å². The minimum absolute atomic E-state index is 0.337. The quantitative estimate of drug-likeness (QED) is 0.741. The highest BCUT2D eigenvalue weighted by atomic mass is 16.6. The van der Waals surface area contributed by atoms with Gasteiger partial charge in [-0.2, -0.15) is 0 Å². The van der Waals surface area contributed by atoms with Gasteiger partial charge < -0.3 is 14.2 Å². The zero-order valence-corrected chi connectivity index (χ0v) is 11.8. The number of hydrogen-bond donors (Lipinski definition) is 0. The van der Waals surface area contributed by atoms with Crippen molar-refractivity contribution >= 4 is 12.0 Å². The maximum atomic E-state index is 11.5. The average Bonchev–Trinajstić information content (AvgIpc) is 2.41. The number of benzene rings is 1. The van der Waals surface area contributed by atoms with E-state index in [0.29, 0.717) is 18.1 Å². The molecule has 19 heavy (non-hydrogen) atoms. The predicted molar refractivity (Wildman–Crippen MR) is 74.4 cm³/mol. The molecule has 0 aliphatic carbocycles. The van der Waals surface area contributed by atoms with Gasteiger partial charge in [-0.05, 0) is 38.5 Å². The summed E-state index contributed by atoms with van der Waals surface area (Å²) in [4.78, 5) is 11.5. The van der Waals surface area contributed by atoms with Crippen molar-refractivity contribution in [3.05, 3.63) is 29.8 Å². The average molecular weight is 264 g/mol. The third-order valence-corrected chi connectivity index (χ3v) is 2.47. The molecule has 0 bridgehead atoms. The lowest BCUT2D eigenvalue weighted by atomic mass is 10.2. The molecule has 1 unspecified atom stereocenters. The van der Waals surface area contributed by atoms with E-state index < -0.39 is 6.10 Å². The molecule has 0 aliphatic rings. The van der Waals surface area contributed by atoms with Gasteiger partial charge >= 0.3 is 5.97 Å². The summed E-state index contributed by atoms with van der Waals surface area (Å²) < 4.78 is 15.7. The fraction of sp³-hybridized carbons (Fsp3) is 0.400. The van der Waals surface area contributed by atoms with Crippen LogP contribution in [-0.2, 0) is 9.53 Å². The molecule has 104 valence electrons. The second-order valence-electron chi connectivity index (χ2n) is 3.92. The summed E-state index contributed by atoms with van der Waals surface area (Å²) in [7, 11) is 1.57. The summed E-state index contributed by atoms with van der Waals surface area (Å²) in [5, 5.41) is 0. The van der Waals surface area contributed by atoms with Crippen LogP contribution in [0.2, 0.25) is 0 Å². The second-order valence-corrected chi connectivity index (χ2v) is 3.92. The largest absolute Gasteiger partial charge is 0.493 e. The molecule has 0 saturated carbocycles. The summed E-state index contributed by atoms with van der Waals surface area (Å²) >= 11 is 0. The molecular formula is C15H20O4. The number of carbonyl (C=O) groups excluding carboxylic acids is 1. The molecule has 0 radical (unpaired) electrons. The van der Waals surface area contributed by atoms with Crippen molar-refractivity contribution in [1.29, 1.82) is 0 Å². The van der Waals surface area contributed by atoms with E-state index in [1.54, 1.807) is 27.0 Å². The number of hydrogen-bond acceptors (Lipinski definition) is 4. The van der Waals surface area contributed by atoms with Crippen LogP contribution in [0.15, 0.2) is 24.3 Å². The van der Waals surface area contributed by atoms with Gasteiger partial charge in [0.2, 0.25) is 0 Å². The predicted octanol–water partition coefficient (Wildman–Crippen LogP) is 3.06. The number of carbonyl (C=O) groups is 1. The lowest BCUT2D eigenvalue weighted by molar-refractivity contribution is -0.150. The van der Waals surface area contributed by atoms with E-state index in [0.717, 1.165) is 5.56 Å². The van der Waals surface area contributed by atoms with Gasteiger partial charge in [-0.25, -0.2) is 4.79 Å². The Kier molecular flexibility index (Phi) is 5.93. The van der Waals surface area contributed by atoms with Crippen LogP contribution >= 0.6 is 0 Å². The third-order valence-electron chi connectivity index (χ3n) is 2.47. The summed E-state index contributed by atoms with van der Waals surface area (Å²) in [6, 6.07) is 5.53. The van der Waals surface area contributed by atoms with Crippen LogP contribution in [0, 0.1) is 0 Å². The van der Waals surface area contributed by atoms with Gasteiger partial charge in [0.05, 0.1) is 13.7 Å². The van der Waals surface area contributed by atoms with Crippen LogP contribution in [0.3, 0.4) is 0 Å². The van der Waals surface area contributed by atoms with E-state index >= 15 is 0 Å². The lowest BCUT2D eigenvalue weighted by Crippen LogP contribution is -2.26. The normalized spacial score (nSPS) is 12.2. The third kappa shape index (κ3) is 4.32. The van der Waals surface area contributed by atoms with Gasteiger partial charge in [-0.15, -0.1) is 0 Å². The van der Waals surface area contributed by atoms with Crippen molar-refractivity contribution < 1.29 is 19.0 Å². The number of esters is 1. The van der Waals surface area contributed by atoms with Crippen molar-refractivity contribution in [3.63, 3.8) is 0 Å². The molecule has 4 heteroatoms. The Hall–Kier alpha value is -1.97. The van der Waals surface area contributed by atoms with Crippen LogP contribution in [-0.4, -0.2) is 25.8 Å². The van der Waals surface area contributed by atoms with Crippen LogP contribution in [0.1, 0.15) is 26.3 Å². The van der Waals surface area contributed by atoms with Crippen molar-refractivity contribution in [1.82, 2.24) is 0 Å². The first-order chi connectivity index (χ1) is 9.12. The Labute approximate surface area is 114 Å². The molecule has 0 spiro atoms. The molecule has 0 amide bonds. The molecule has 0 fully saturated rings. The molecule has 1 rings (SSSR count). The first-order valence-corrected chi connectivity index (χ1v) is 6.26. The zero-order valence-electron chi connectivity index (χ0n) is 11.8. The fourth-order valence-electron chi connectivity index (χ4n) is 1.58. The van der Waals surface area contributed by atoms with Gasteiger partial charge in [0.1, 0.15) is 0 Å². The standard InChI is InChI=1S/C15H20O4/c1-5-7-12-8-9-13(14(10-12)17-4)19-11(3)15(16)18-6-2/h5,7-11H,6H2,1-4H3. The fourth-order valence-corrected chi connectivity index (χ4v) is 1.58. The Morgan fingerprint density at radius 3 is 2.68 bits per heavy atom. The Bertz CT molecular complexity index is 451. The van der Waals surface area contributed by atoms with Crippen molar-refractivity contribution in [3.8, 4) is 11.5 Å². The van der Waals surface area contributed by atoms with Crippen molar-refractivity contribution in [2.75, 3.05) is 13.7 Å². The highest BCUT2D eigenvalue weighted by Gasteiger charge is 2.17. The lowest BCUT2D eigenvalue weighted by Gasteiger charge is -2.16. The summed E-state index contributed by atoms with van der Waals surface area (Å²) in [5.41, 5.74) is 1.01. The molecule has 4 nitrogen and oxygen atoms in total. The van der Waals surface area contributed by atoms with Gasteiger partial charge in [0.15, 0.2) is 17.6 Å². The van der Waals surface area contributed by atoms with Crippen LogP contribution in [0.25, 0.3) is 6.08 Å². The Morgan fingerprint density at radius 1 is 1.37 bits per heavy atom. The van der Waals surface area contributed by atoms with E-state index in [1.807, 2.05) is 31.2 Å². The minimum atomic E-state index is -0.665. The minimum Gasteiger partial charge on any atom is -0.493 e. The van der Waals surface area contributed by atoms with E-state index in [2.05, 4.69) is 0 Å². The smallest absolute Gasteiger partial charge is 0.347 e. The zero-order chi connectivity index (χ0) is 14.3. The van der Waals surface area contributed by atoms with Crippen molar-refractivity contribution in [2.45, 2.75) is 26.9 Å². The molecule has 0 saturated heterocycles. The van der Waals surface area contributed by atoms with Gasteiger partial charge in [0, 0.05) is 0 Å². The maximum Gasteiger partial charge on any atom is 0.347 e. The summed E-state index contributed by atoms with van der Waals surface area (Å²) in [5.74, 6) is 0.727. The number of ether oxygens (including phenoxy) is 3. The van der Waals surface area contributed by atoms with E-state index in [9.17, 15) is 4.79 Å². The molecule has 1 aromatic rings. The summed E-state index contributed by atoms with van der Waals surface area (Å²) in [6.45, 7) is 5.69. The Morgan fingerprint density at radius 2 is 2.11 bits per heavy atom. The second kappa shape index (κ2) is 7.46. The van der Waals surface area contributed by atoms with Gasteiger partial charge in [-0.3, -0.25) is 0 Å². The molecular weight excluding hydrogens is 244 g/mol. The van der Waals surface area contributed by atoms with Crippen LogP contribution in [0.4, 0.5) is 0 Å². The van der Waals surface area contributed by atoms with Crippen molar-refractivity contribution in [2.24, 2.45) is 0 Å². The summed E-state index contributed by atoms with van der Waals surface area (Å²) in [6.07, 6.45) is 3.24. The SMILES string of the molecule is CC=Cc1ccc(OC(C)C(=O)OCC)c(OC)c1. The van der Waals surface area contributed by atoms with Gasteiger partial charge in [-0.1, -0.05) is 18.2 Å². The molecule has 0 heterocycles. The molecule has 0 aliphatic heterocycles. The van der Waals surface area contributed by atoms with E-state index in [4.69, 9.17) is 14.2 Å². The highest BCUT2D eigenvalue weighted by molar-refractivity contribution is 5.74. The molecule has 0 aromatic heterocycles. The molecule has 0 N–H and O–H groups in total. The number of allylic oxidation sites excluding steroid dienone is 1. The highest BCUT2D eigenvalue weighted by Crippen LogP contribution is 2.29. The molecule has 1 aromatic carbocycles. The van der Waals surface area contributed by atoms with E-state index in [1.165, 1.54) is 0 Å². The maximum absolute atomic E-state index is 11.5. The first kappa shape index (κ1) is 15.1. The number of rotatable bonds is 6. The van der Waals surface area contributed by atoms with Crippen LogP contribution < -0.4 is 9.47 Å².